The van der Waals surface area contributed by atoms with Gasteiger partial charge >= 0.3 is 0 Å². The minimum Gasteiger partial charge on any atom is -0.383 e. The summed E-state index contributed by atoms with van der Waals surface area (Å²) in [5.74, 6) is 0.687. The Morgan fingerprint density at radius 1 is 1.37 bits per heavy atom. The van der Waals surface area contributed by atoms with Crippen molar-refractivity contribution in [2.75, 3.05) is 27.3 Å². The molecular formula is C16H26N2O. The lowest BCUT2D eigenvalue weighted by molar-refractivity contribution is 0.0103. The van der Waals surface area contributed by atoms with Crippen LogP contribution in [0.1, 0.15) is 24.0 Å². The molecule has 0 spiro atoms. The van der Waals surface area contributed by atoms with Crippen LogP contribution < -0.4 is 5.73 Å². The van der Waals surface area contributed by atoms with Gasteiger partial charge in [-0.1, -0.05) is 24.3 Å². The second-order valence-electron chi connectivity index (χ2n) is 5.80. The molecule has 1 saturated carbocycles. The van der Waals surface area contributed by atoms with Crippen molar-refractivity contribution in [3.05, 3.63) is 35.4 Å². The van der Waals surface area contributed by atoms with Gasteiger partial charge in [0.1, 0.15) is 0 Å². The fraction of sp³-hybridized carbons (Fsp3) is 0.625. The van der Waals surface area contributed by atoms with Crippen LogP contribution >= 0.6 is 0 Å². The largest absolute Gasteiger partial charge is 0.383 e. The first-order chi connectivity index (χ1) is 9.14. The smallest absolute Gasteiger partial charge is 0.0661 e. The zero-order valence-corrected chi connectivity index (χ0v) is 12.4. The van der Waals surface area contributed by atoms with Gasteiger partial charge in [-0.25, -0.2) is 0 Å². The van der Waals surface area contributed by atoms with Gasteiger partial charge in [0.25, 0.3) is 0 Å². The van der Waals surface area contributed by atoms with Crippen LogP contribution in [-0.2, 0) is 11.3 Å². The fourth-order valence-electron chi connectivity index (χ4n) is 2.99. The van der Waals surface area contributed by atoms with Crippen LogP contribution in [0.5, 0.6) is 0 Å². The van der Waals surface area contributed by atoms with Gasteiger partial charge in [-0.15, -0.1) is 0 Å². The average molecular weight is 262 g/mol. The molecule has 0 aromatic heterocycles. The Hall–Kier alpha value is -0.900. The quantitative estimate of drug-likeness (QED) is 0.818. The molecule has 1 aromatic rings. The third kappa shape index (κ3) is 2.99. The molecule has 1 fully saturated rings. The van der Waals surface area contributed by atoms with Crippen molar-refractivity contribution in [1.82, 2.24) is 4.90 Å². The van der Waals surface area contributed by atoms with E-state index in [1.165, 1.54) is 24.0 Å². The van der Waals surface area contributed by atoms with E-state index in [0.717, 1.165) is 13.2 Å². The normalized spacial score (nSPS) is 18.6. The number of nitrogens with zero attached hydrogens (tertiary/aromatic N) is 1. The third-order valence-electron chi connectivity index (χ3n) is 4.51. The minimum atomic E-state index is -0.00295. The molecule has 19 heavy (non-hydrogen) atoms. The summed E-state index contributed by atoms with van der Waals surface area (Å²) in [4.78, 5) is 2.40. The van der Waals surface area contributed by atoms with Gasteiger partial charge in [-0.05, 0) is 43.9 Å². The highest BCUT2D eigenvalue weighted by molar-refractivity contribution is 5.25. The van der Waals surface area contributed by atoms with Crippen LogP contribution in [-0.4, -0.2) is 37.7 Å². The molecule has 0 saturated heterocycles. The number of likely N-dealkylation sites (N-methyl/N-ethyl adjacent to an activating group) is 1. The van der Waals surface area contributed by atoms with E-state index in [4.69, 9.17) is 10.5 Å². The van der Waals surface area contributed by atoms with E-state index >= 15 is 0 Å². The first-order valence-corrected chi connectivity index (χ1v) is 7.09. The Labute approximate surface area is 116 Å². The van der Waals surface area contributed by atoms with E-state index in [-0.39, 0.29) is 5.54 Å². The molecular weight excluding hydrogens is 236 g/mol. The van der Waals surface area contributed by atoms with Crippen LogP contribution in [0.25, 0.3) is 0 Å². The van der Waals surface area contributed by atoms with Crippen LogP contribution in [0.4, 0.5) is 0 Å². The Morgan fingerprint density at radius 3 is 2.58 bits per heavy atom. The Morgan fingerprint density at radius 2 is 2.05 bits per heavy atom. The van der Waals surface area contributed by atoms with Gasteiger partial charge in [-0.2, -0.15) is 0 Å². The molecule has 2 N–H and O–H groups in total. The number of methoxy groups -OCH3 is 1. The number of rotatable bonds is 7. The van der Waals surface area contributed by atoms with Gasteiger partial charge in [0.2, 0.25) is 0 Å². The highest BCUT2D eigenvalue weighted by Gasteiger charge is 2.47. The van der Waals surface area contributed by atoms with Gasteiger partial charge in [0.05, 0.1) is 12.1 Å². The number of ether oxygens (including phenoxy) is 1. The minimum absolute atomic E-state index is 0.00295. The average Bonchev–Trinajstić information content (AvgIpc) is 3.23. The molecule has 1 atom stereocenters. The van der Waals surface area contributed by atoms with E-state index in [1.54, 1.807) is 7.11 Å². The third-order valence-corrected chi connectivity index (χ3v) is 4.51. The van der Waals surface area contributed by atoms with E-state index < -0.39 is 0 Å². The molecule has 1 aliphatic rings. The van der Waals surface area contributed by atoms with Gasteiger partial charge in [-0.3, -0.25) is 4.90 Å². The fourth-order valence-corrected chi connectivity index (χ4v) is 2.99. The second kappa shape index (κ2) is 6.04. The number of hydrogen-bond donors (Lipinski definition) is 1. The van der Waals surface area contributed by atoms with E-state index in [1.807, 2.05) is 0 Å². The van der Waals surface area contributed by atoms with Crippen molar-refractivity contribution >= 4 is 0 Å². The zero-order chi connectivity index (χ0) is 13.9. The first-order valence-electron chi connectivity index (χ1n) is 7.09. The summed E-state index contributed by atoms with van der Waals surface area (Å²) in [6, 6.07) is 8.56. The second-order valence-corrected chi connectivity index (χ2v) is 5.80. The molecule has 3 nitrogen and oxygen atoms in total. The monoisotopic (exact) mass is 262 g/mol. The molecule has 1 aromatic carbocycles. The van der Waals surface area contributed by atoms with Crippen molar-refractivity contribution in [3.8, 4) is 0 Å². The topological polar surface area (TPSA) is 38.5 Å². The zero-order valence-electron chi connectivity index (χ0n) is 12.4. The summed E-state index contributed by atoms with van der Waals surface area (Å²) in [7, 11) is 3.95. The molecule has 0 radical (unpaired) electrons. The van der Waals surface area contributed by atoms with Crippen molar-refractivity contribution in [2.24, 2.45) is 11.7 Å². The number of benzene rings is 1. The van der Waals surface area contributed by atoms with E-state index in [0.29, 0.717) is 12.5 Å². The summed E-state index contributed by atoms with van der Waals surface area (Å²) in [6.45, 7) is 4.48. The standard InChI is InChI=1S/C16H26N2O/c1-13-6-4-5-7-14(13)10-18(2)16(11-17,12-19-3)15-8-9-15/h4-7,15H,8-12,17H2,1-3H3. The summed E-state index contributed by atoms with van der Waals surface area (Å²) in [5, 5.41) is 0. The molecule has 0 aliphatic heterocycles. The molecule has 0 amide bonds. The van der Waals surface area contributed by atoms with Crippen molar-refractivity contribution in [2.45, 2.75) is 31.8 Å². The van der Waals surface area contributed by atoms with E-state index in [9.17, 15) is 0 Å². The van der Waals surface area contributed by atoms with Gasteiger partial charge in [0, 0.05) is 20.2 Å². The lowest BCUT2D eigenvalue weighted by Gasteiger charge is -2.41. The number of aryl methyl sites for hydroxylation is 1. The van der Waals surface area contributed by atoms with Crippen molar-refractivity contribution in [1.29, 1.82) is 0 Å². The van der Waals surface area contributed by atoms with Crippen LogP contribution in [0.15, 0.2) is 24.3 Å². The SMILES string of the molecule is COCC(CN)(C1CC1)N(C)Cc1ccccc1C. The molecule has 0 bridgehead atoms. The molecule has 106 valence electrons. The molecule has 2 rings (SSSR count). The first kappa shape index (κ1) is 14.5. The van der Waals surface area contributed by atoms with Crippen LogP contribution in [0, 0.1) is 12.8 Å². The predicted molar refractivity (Wildman–Crippen MR) is 79.0 cm³/mol. The highest BCUT2D eigenvalue weighted by atomic mass is 16.5. The summed E-state index contributed by atoms with van der Waals surface area (Å²) in [5.41, 5.74) is 8.82. The van der Waals surface area contributed by atoms with Crippen molar-refractivity contribution in [3.63, 3.8) is 0 Å². The maximum atomic E-state index is 6.11. The Balaban J connectivity index is 2.15. The molecule has 1 unspecified atom stereocenters. The Kier molecular flexibility index (Phi) is 4.61. The lowest BCUT2D eigenvalue weighted by Crippen LogP contribution is -2.56. The molecule has 0 heterocycles. The summed E-state index contributed by atoms with van der Waals surface area (Å²) < 4.78 is 5.47. The van der Waals surface area contributed by atoms with E-state index in [2.05, 4.69) is 43.1 Å². The van der Waals surface area contributed by atoms with Gasteiger partial charge < -0.3 is 10.5 Å². The highest BCUT2D eigenvalue weighted by Crippen LogP contribution is 2.43. The van der Waals surface area contributed by atoms with Gasteiger partial charge in [0.15, 0.2) is 0 Å². The number of nitrogens with two attached hydrogens (primary N) is 1. The lowest BCUT2D eigenvalue weighted by atomic mass is 9.91. The maximum Gasteiger partial charge on any atom is 0.0661 e. The molecule has 1 aliphatic carbocycles. The molecule has 3 heteroatoms. The summed E-state index contributed by atoms with van der Waals surface area (Å²) >= 11 is 0. The van der Waals surface area contributed by atoms with Crippen LogP contribution in [0.3, 0.4) is 0 Å². The maximum absolute atomic E-state index is 6.11. The Bertz CT molecular complexity index is 417. The summed E-state index contributed by atoms with van der Waals surface area (Å²) in [6.07, 6.45) is 2.55. The predicted octanol–water partition coefficient (Wildman–Crippen LogP) is 2.18. The number of hydrogen-bond acceptors (Lipinski definition) is 3. The van der Waals surface area contributed by atoms with Crippen molar-refractivity contribution < 1.29 is 4.74 Å². The van der Waals surface area contributed by atoms with Crippen LogP contribution in [0.2, 0.25) is 0 Å².